The van der Waals surface area contributed by atoms with Crippen LogP contribution in [-0.2, 0) is 21.6 Å². The molecule has 0 unspecified atom stereocenters. The summed E-state index contributed by atoms with van der Waals surface area (Å²) in [6.07, 6.45) is 4.11. The number of aryl methyl sites for hydroxylation is 2. The van der Waals surface area contributed by atoms with Gasteiger partial charge in [0, 0.05) is 26.6 Å². The van der Waals surface area contributed by atoms with Gasteiger partial charge in [-0.05, 0) is 13.0 Å². The van der Waals surface area contributed by atoms with Crippen molar-refractivity contribution in [1.29, 1.82) is 0 Å². The average molecular weight is 325 g/mol. The van der Waals surface area contributed by atoms with Crippen LogP contribution >= 0.6 is 0 Å². The van der Waals surface area contributed by atoms with Crippen molar-refractivity contribution in [3.8, 4) is 0 Å². The first-order valence-corrected chi connectivity index (χ1v) is 8.49. The van der Waals surface area contributed by atoms with Gasteiger partial charge in [-0.1, -0.05) is 0 Å². The zero-order valence-electron chi connectivity index (χ0n) is 12.9. The largest absolute Gasteiger partial charge is 0.382 e. The van der Waals surface area contributed by atoms with Crippen molar-refractivity contribution in [2.45, 2.75) is 17.9 Å². The molecule has 0 amide bonds. The number of nitrogens with one attached hydrogen (secondary N) is 1. The summed E-state index contributed by atoms with van der Waals surface area (Å²) in [5.74, 6) is 0.745. The van der Waals surface area contributed by atoms with Gasteiger partial charge in [-0.3, -0.25) is 4.68 Å². The summed E-state index contributed by atoms with van der Waals surface area (Å²) in [7, 11) is -0.0554. The Balaban J connectivity index is 2.43. The molecular weight excluding hydrogens is 306 g/mol. The number of aromatic nitrogens is 4. The number of ether oxygens (including phenoxy) is 1. The summed E-state index contributed by atoms with van der Waals surface area (Å²) in [6, 6.07) is 1.55. The zero-order valence-corrected chi connectivity index (χ0v) is 13.8. The maximum Gasteiger partial charge on any atom is 0.180 e. The molecule has 0 aliphatic heterocycles. The van der Waals surface area contributed by atoms with Gasteiger partial charge in [0.05, 0.1) is 24.5 Å². The average Bonchev–Trinajstić information content (AvgIpc) is 2.83. The number of rotatable bonds is 6. The Bertz CT molecular complexity index is 757. The molecule has 0 radical (unpaired) electrons. The van der Waals surface area contributed by atoms with E-state index < -0.39 is 9.84 Å². The lowest BCUT2D eigenvalue weighted by molar-refractivity contribution is 0.183. The fourth-order valence-electron chi connectivity index (χ4n) is 2.09. The second-order valence-electron chi connectivity index (χ2n) is 4.93. The van der Waals surface area contributed by atoms with E-state index in [0.29, 0.717) is 12.4 Å². The quantitative estimate of drug-likeness (QED) is 0.835. The van der Waals surface area contributed by atoms with Crippen LogP contribution in [0.4, 0.5) is 5.82 Å². The van der Waals surface area contributed by atoms with Gasteiger partial charge < -0.3 is 10.1 Å². The first-order chi connectivity index (χ1) is 10.3. The molecule has 2 heterocycles. The predicted octanol–water partition coefficient (Wildman–Crippen LogP) is 0.722. The van der Waals surface area contributed by atoms with E-state index >= 15 is 0 Å². The van der Waals surface area contributed by atoms with E-state index in [1.165, 1.54) is 6.20 Å². The molecule has 22 heavy (non-hydrogen) atoms. The molecule has 120 valence electrons. The van der Waals surface area contributed by atoms with Crippen LogP contribution in [0.2, 0.25) is 0 Å². The van der Waals surface area contributed by atoms with Crippen LogP contribution in [0.3, 0.4) is 0 Å². The molecule has 0 spiro atoms. The van der Waals surface area contributed by atoms with E-state index in [9.17, 15) is 8.42 Å². The van der Waals surface area contributed by atoms with Gasteiger partial charge in [0.2, 0.25) is 0 Å². The lowest BCUT2D eigenvalue weighted by Gasteiger charge is -2.20. The van der Waals surface area contributed by atoms with Crippen molar-refractivity contribution in [3.63, 3.8) is 0 Å². The molecule has 1 N–H and O–H groups in total. The van der Waals surface area contributed by atoms with Crippen molar-refractivity contribution >= 4 is 15.7 Å². The minimum Gasteiger partial charge on any atom is -0.382 e. The van der Waals surface area contributed by atoms with E-state index in [1.54, 1.807) is 24.9 Å². The molecule has 2 aromatic rings. The highest BCUT2D eigenvalue weighted by atomic mass is 32.2. The lowest BCUT2D eigenvalue weighted by Crippen LogP contribution is -2.21. The molecule has 0 aliphatic rings. The Morgan fingerprint density at radius 3 is 2.73 bits per heavy atom. The first kappa shape index (κ1) is 16.4. The summed E-state index contributed by atoms with van der Waals surface area (Å²) >= 11 is 0. The topological polar surface area (TPSA) is 99.0 Å². The van der Waals surface area contributed by atoms with E-state index in [2.05, 4.69) is 20.4 Å². The summed E-state index contributed by atoms with van der Waals surface area (Å²) in [6.45, 7) is 2.04. The van der Waals surface area contributed by atoms with E-state index in [1.807, 2.05) is 13.1 Å². The van der Waals surface area contributed by atoms with Gasteiger partial charge in [-0.2, -0.15) is 5.10 Å². The molecule has 2 aromatic heterocycles. The minimum absolute atomic E-state index is 0.0568. The Morgan fingerprint density at radius 2 is 2.18 bits per heavy atom. The predicted molar refractivity (Wildman–Crippen MR) is 81.3 cm³/mol. The lowest BCUT2D eigenvalue weighted by atomic mass is 10.2. The second-order valence-corrected chi connectivity index (χ2v) is 6.92. The SMILES string of the molecule is COC[C@H](Nc1nc(C)ncc1S(C)(=O)=O)c1ccnn1C. The van der Waals surface area contributed by atoms with Gasteiger partial charge in [0.1, 0.15) is 16.5 Å². The van der Waals surface area contributed by atoms with E-state index in [0.717, 1.165) is 11.9 Å². The third-order valence-electron chi connectivity index (χ3n) is 3.14. The monoisotopic (exact) mass is 325 g/mol. The molecular formula is C13H19N5O3S. The highest BCUT2D eigenvalue weighted by Gasteiger charge is 2.21. The van der Waals surface area contributed by atoms with Crippen LogP contribution in [-0.4, -0.2) is 48.1 Å². The summed E-state index contributed by atoms with van der Waals surface area (Å²) in [5.41, 5.74) is 0.859. The standard InChI is InChI=1S/C13H19N5O3S/c1-9-14-7-12(22(4,19)20)13(16-9)17-10(8-21-3)11-5-6-15-18(11)2/h5-7,10H,8H2,1-4H3,(H,14,16,17)/t10-/m0/s1. The Kier molecular flexibility index (Phi) is 4.77. The maximum absolute atomic E-state index is 11.9. The van der Waals surface area contributed by atoms with Crippen LogP contribution < -0.4 is 5.32 Å². The van der Waals surface area contributed by atoms with Gasteiger partial charge >= 0.3 is 0 Å². The fourth-order valence-corrected chi connectivity index (χ4v) is 2.79. The van der Waals surface area contributed by atoms with Gasteiger partial charge in [-0.15, -0.1) is 0 Å². The minimum atomic E-state index is -3.44. The van der Waals surface area contributed by atoms with Crippen molar-refractivity contribution < 1.29 is 13.2 Å². The van der Waals surface area contributed by atoms with Gasteiger partial charge in [0.25, 0.3) is 0 Å². The Morgan fingerprint density at radius 1 is 1.45 bits per heavy atom. The Hall–Kier alpha value is -2.00. The number of nitrogens with zero attached hydrogens (tertiary/aromatic N) is 4. The molecule has 2 rings (SSSR count). The second kappa shape index (κ2) is 6.41. The molecule has 0 saturated heterocycles. The van der Waals surface area contributed by atoms with E-state index in [-0.39, 0.29) is 16.8 Å². The molecule has 0 aliphatic carbocycles. The van der Waals surface area contributed by atoms with Gasteiger partial charge in [-0.25, -0.2) is 18.4 Å². The number of hydrogen-bond donors (Lipinski definition) is 1. The van der Waals surface area contributed by atoms with Crippen LogP contribution in [0.15, 0.2) is 23.4 Å². The molecule has 8 nitrogen and oxygen atoms in total. The van der Waals surface area contributed by atoms with Crippen molar-refractivity contribution in [2.24, 2.45) is 7.05 Å². The van der Waals surface area contributed by atoms with E-state index in [4.69, 9.17) is 4.74 Å². The molecule has 0 aromatic carbocycles. The Labute approximate surface area is 129 Å². The number of anilines is 1. The van der Waals surface area contributed by atoms with Crippen LogP contribution in [0, 0.1) is 6.92 Å². The number of methoxy groups -OCH3 is 1. The number of sulfone groups is 1. The fraction of sp³-hybridized carbons (Fsp3) is 0.462. The zero-order chi connectivity index (χ0) is 16.3. The molecule has 9 heteroatoms. The van der Waals surface area contributed by atoms with Gasteiger partial charge in [0.15, 0.2) is 9.84 Å². The van der Waals surface area contributed by atoms with Crippen molar-refractivity contribution in [3.05, 3.63) is 30.0 Å². The molecule has 0 bridgehead atoms. The smallest absolute Gasteiger partial charge is 0.180 e. The molecule has 0 saturated carbocycles. The highest BCUT2D eigenvalue weighted by Crippen LogP contribution is 2.23. The first-order valence-electron chi connectivity index (χ1n) is 6.60. The van der Waals surface area contributed by atoms with Crippen LogP contribution in [0.5, 0.6) is 0 Å². The van der Waals surface area contributed by atoms with Crippen LogP contribution in [0.1, 0.15) is 17.6 Å². The summed E-state index contributed by atoms with van der Waals surface area (Å²) in [4.78, 5) is 8.23. The molecule has 0 fully saturated rings. The summed E-state index contributed by atoms with van der Waals surface area (Å²) in [5, 5.41) is 7.24. The third-order valence-corrected chi connectivity index (χ3v) is 4.23. The van der Waals surface area contributed by atoms with Crippen molar-refractivity contribution in [2.75, 3.05) is 25.3 Å². The highest BCUT2D eigenvalue weighted by molar-refractivity contribution is 7.90. The molecule has 1 atom stereocenters. The third kappa shape index (κ3) is 3.60. The summed E-state index contributed by atoms with van der Waals surface area (Å²) < 4.78 is 30.7. The normalized spacial score (nSPS) is 13.1. The maximum atomic E-state index is 11.9. The van der Waals surface area contributed by atoms with Crippen LogP contribution in [0.25, 0.3) is 0 Å². The van der Waals surface area contributed by atoms with Crippen molar-refractivity contribution in [1.82, 2.24) is 19.7 Å². The number of hydrogen-bond acceptors (Lipinski definition) is 7.